The fourth-order valence-corrected chi connectivity index (χ4v) is 4.71. The molecule has 4 N–H and O–H groups in total. The number of allylic oxidation sites excluding steroid dienone is 1. The molecule has 1 aromatic heterocycles. The third-order valence-electron chi connectivity index (χ3n) is 6.11. The van der Waals surface area contributed by atoms with Crippen molar-refractivity contribution >= 4 is 24.1 Å². The first-order valence-corrected chi connectivity index (χ1v) is 11.8. The van der Waals surface area contributed by atoms with E-state index in [1.54, 1.807) is 13.3 Å². The zero-order chi connectivity index (χ0) is 24.0. The van der Waals surface area contributed by atoms with Crippen LogP contribution in [0.5, 0.6) is 11.6 Å². The van der Waals surface area contributed by atoms with Crippen LogP contribution in [-0.2, 0) is 6.42 Å². The van der Waals surface area contributed by atoms with Gasteiger partial charge in [-0.15, -0.1) is 0 Å². The van der Waals surface area contributed by atoms with Gasteiger partial charge in [0.1, 0.15) is 5.75 Å². The molecule has 2 aromatic rings. The lowest BCUT2D eigenvalue weighted by Crippen LogP contribution is -2.34. The van der Waals surface area contributed by atoms with Gasteiger partial charge in [-0.05, 0) is 44.2 Å². The number of hydrogen-bond acceptors (Lipinski definition) is 5. The van der Waals surface area contributed by atoms with Crippen LogP contribution in [0.15, 0.2) is 40.1 Å². The summed E-state index contributed by atoms with van der Waals surface area (Å²) in [7, 11) is 1.67. The van der Waals surface area contributed by atoms with E-state index < -0.39 is 0 Å². The summed E-state index contributed by atoms with van der Waals surface area (Å²) in [6.45, 7) is 8.92. The molecule has 2 atom stereocenters. The lowest BCUT2D eigenvalue weighted by molar-refractivity contribution is 0.333. The van der Waals surface area contributed by atoms with Gasteiger partial charge in [-0.25, -0.2) is 4.99 Å². The van der Waals surface area contributed by atoms with Crippen molar-refractivity contribution < 1.29 is 9.84 Å². The van der Waals surface area contributed by atoms with Gasteiger partial charge in [0, 0.05) is 41.5 Å². The van der Waals surface area contributed by atoms with Crippen LogP contribution in [0.4, 0.5) is 0 Å². The monoisotopic (exact) mass is 448 g/mol. The Hall–Kier alpha value is -3.28. The predicted octanol–water partition coefficient (Wildman–Crippen LogP) is 3.77. The molecule has 0 radical (unpaired) electrons. The van der Waals surface area contributed by atoms with Crippen LogP contribution in [0, 0.1) is 5.92 Å². The maximum Gasteiger partial charge on any atom is 0.198 e. The molecule has 0 fully saturated rings. The Morgan fingerprint density at radius 3 is 2.67 bits per heavy atom. The number of H-pyrrole nitrogens is 1. The van der Waals surface area contributed by atoms with E-state index >= 15 is 0 Å². The Bertz CT molecular complexity index is 1160. The lowest BCUT2D eigenvalue weighted by atomic mass is 9.78. The number of ether oxygens (including phenoxy) is 1. The summed E-state index contributed by atoms with van der Waals surface area (Å²) in [5.41, 5.74) is 10.2. The second-order valence-corrected chi connectivity index (χ2v) is 8.30. The molecule has 1 heterocycles. The molecule has 1 aromatic carbocycles. The van der Waals surface area contributed by atoms with Gasteiger partial charge in [0.25, 0.3) is 0 Å². The van der Waals surface area contributed by atoms with Crippen molar-refractivity contribution in [2.75, 3.05) is 13.7 Å². The molecule has 2 unspecified atom stereocenters. The molecule has 176 valence electrons. The van der Waals surface area contributed by atoms with Crippen molar-refractivity contribution in [3.8, 4) is 11.6 Å². The normalized spacial score (nSPS) is 18.7. The second kappa shape index (κ2) is 11.0. The summed E-state index contributed by atoms with van der Waals surface area (Å²) >= 11 is 0. The van der Waals surface area contributed by atoms with E-state index in [-0.39, 0.29) is 17.7 Å². The minimum absolute atomic E-state index is 0.112. The summed E-state index contributed by atoms with van der Waals surface area (Å²) in [5.74, 6) is 1.47. The fraction of sp³-hybridized carbons (Fsp3) is 0.407. The molecular weight excluding hydrogens is 412 g/mol. The first-order valence-electron chi connectivity index (χ1n) is 11.8. The number of nitrogens with two attached hydrogens (primary N) is 1. The van der Waals surface area contributed by atoms with Crippen molar-refractivity contribution in [2.45, 2.75) is 52.9 Å². The van der Waals surface area contributed by atoms with Crippen LogP contribution in [0.25, 0.3) is 12.2 Å². The third-order valence-corrected chi connectivity index (χ3v) is 6.11. The molecule has 6 heteroatoms. The van der Waals surface area contributed by atoms with Crippen LogP contribution < -0.4 is 21.0 Å². The number of aryl methyl sites for hydroxylation is 1. The van der Waals surface area contributed by atoms with E-state index in [2.05, 4.69) is 59.2 Å². The Balaban J connectivity index is 2.25. The topological polar surface area (TPSA) is 96.0 Å². The summed E-state index contributed by atoms with van der Waals surface area (Å²) in [5, 5.41) is 12.7. The number of fused-ring (bicyclic) bond motifs is 1. The highest BCUT2D eigenvalue weighted by Gasteiger charge is 2.28. The molecule has 0 amide bonds. The first kappa shape index (κ1) is 24.4. The number of aliphatic imine (C=N–C) groups is 2. The van der Waals surface area contributed by atoms with E-state index in [0.29, 0.717) is 23.6 Å². The van der Waals surface area contributed by atoms with Gasteiger partial charge in [-0.1, -0.05) is 44.6 Å². The number of aromatic nitrogens is 1. The number of benzene rings is 1. The van der Waals surface area contributed by atoms with E-state index in [9.17, 15) is 5.11 Å². The molecule has 0 aliphatic heterocycles. The Kier molecular flexibility index (Phi) is 8.15. The molecule has 1 aliphatic carbocycles. The number of hydrogen-bond donors (Lipinski definition) is 3. The molecule has 33 heavy (non-hydrogen) atoms. The summed E-state index contributed by atoms with van der Waals surface area (Å²) in [4.78, 5) is 11.7. The maximum atomic E-state index is 10.8. The largest absolute Gasteiger partial charge is 0.494 e. The molecule has 1 aliphatic rings. The van der Waals surface area contributed by atoms with Crippen molar-refractivity contribution in [2.24, 2.45) is 21.6 Å². The lowest BCUT2D eigenvalue weighted by Gasteiger charge is -2.28. The van der Waals surface area contributed by atoms with Crippen LogP contribution in [0.2, 0.25) is 0 Å². The molecule has 6 nitrogen and oxygen atoms in total. The fourth-order valence-electron chi connectivity index (χ4n) is 4.71. The zero-order valence-electron chi connectivity index (χ0n) is 20.4. The Morgan fingerprint density at radius 1 is 1.24 bits per heavy atom. The molecular formula is C27H36N4O2. The quantitative estimate of drug-likeness (QED) is 0.510. The number of aromatic hydroxyl groups is 1. The van der Waals surface area contributed by atoms with Crippen LogP contribution in [0.1, 0.15) is 63.1 Å². The predicted molar refractivity (Wildman–Crippen MR) is 138 cm³/mol. The van der Waals surface area contributed by atoms with Gasteiger partial charge < -0.3 is 20.6 Å². The smallest absolute Gasteiger partial charge is 0.198 e. The van der Waals surface area contributed by atoms with E-state index in [4.69, 9.17) is 10.5 Å². The number of nitrogens with zero attached hydrogens (tertiary/aromatic N) is 2. The summed E-state index contributed by atoms with van der Waals surface area (Å²) < 4.78 is 6.08. The van der Waals surface area contributed by atoms with Crippen LogP contribution in [-0.4, -0.2) is 35.7 Å². The second-order valence-electron chi connectivity index (χ2n) is 8.30. The van der Waals surface area contributed by atoms with Crippen molar-refractivity contribution in [3.63, 3.8) is 0 Å². The van der Waals surface area contributed by atoms with Gasteiger partial charge in [0.2, 0.25) is 0 Å². The van der Waals surface area contributed by atoms with Crippen molar-refractivity contribution in [1.82, 2.24) is 4.98 Å². The Labute approximate surface area is 196 Å². The molecule has 0 bridgehead atoms. The van der Waals surface area contributed by atoms with E-state index in [0.717, 1.165) is 35.6 Å². The highest BCUT2D eigenvalue weighted by molar-refractivity contribution is 6.03. The highest BCUT2D eigenvalue weighted by atomic mass is 16.5. The van der Waals surface area contributed by atoms with Gasteiger partial charge in [0.05, 0.1) is 23.6 Å². The maximum absolute atomic E-state index is 10.8. The van der Waals surface area contributed by atoms with Crippen molar-refractivity contribution in [3.05, 3.63) is 57.4 Å². The first-order chi connectivity index (χ1) is 16.0. The number of rotatable bonds is 9. The van der Waals surface area contributed by atoms with Crippen molar-refractivity contribution in [1.29, 1.82) is 0 Å². The Morgan fingerprint density at radius 2 is 2.03 bits per heavy atom. The molecule has 0 spiro atoms. The van der Waals surface area contributed by atoms with E-state index in [1.165, 1.54) is 17.3 Å². The zero-order valence-corrected chi connectivity index (χ0v) is 20.4. The minimum Gasteiger partial charge on any atom is -0.494 e. The van der Waals surface area contributed by atoms with Gasteiger partial charge >= 0.3 is 0 Å². The van der Waals surface area contributed by atoms with Gasteiger partial charge in [0.15, 0.2) is 5.88 Å². The SMILES string of the molecule is CCCc1cccc(OCC)c1C1C=c2c(C(C)=N/C(C=NC)=C/N)c(O)[nH]c2=CC1CC. The number of nitrogens with one attached hydrogen (secondary N) is 1. The molecule has 0 saturated carbocycles. The minimum atomic E-state index is 0.112. The van der Waals surface area contributed by atoms with E-state index in [1.807, 2.05) is 13.8 Å². The molecule has 3 rings (SSSR count). The highest BCUT2D eigenvalue weighted by Crippen LogP contribution is 2.39. The average Bonchev–Trinajstić information content (AvgIpc) is 3.13. The van der Waals surface area contributed by atoms with Gasteiger partial charge in [-0.3, -0.25) is 4.99 Å². The number of aromatic amines is 1. The van der Waals surface area contributed by atoms with Gasteiger partial charge in [-0.2, -0.15) is 0 Å². The van der Waals surface area contributed by atoms with Crippen LogP contribution >= 0.6 is 0 Å². The summed E-state index contributed by atoms with van der Waals surface area (Å²) in [6, 6.07) is 6.36. The van der Waals surface area contributed by atoms with Crippen LogP contribution in [0.3, 0.4) is 0 Å². The third kappa shape index (κ3) is 5.05. The molecule has 0 saturated heterocycles. The summed E-state index contributed by atoms with van der Waals surface area (Å²) in [6.07, 6.45) is 10.6. The standard InChI is InChI=1S/C27H36N4O2/c1-6-10-19-11-9-12-24(33-8-3)26(19)21-14-22-23(13-18(21)7-2)31-27(32)25(22)17(4)30-20(15-28)16-29-5/h9,11-16,18,21,31-32H,6-8,10,28H2,1-5H3/b20-15+,29-16?,30-17?. The average molecular weight is 449 g/mol.